The third-order valence-electron chi connectivity index (χ3n) is 9.53. The normalized spacial score (nSPS) is 16.8. The van der Waals surface area contributed by atoms with Gasteiger partial charge in [0.25, 0.3) is 5.91 Å². The van der Waals surface area contributed by atoms with Crippen LogP contribution in [0.25, 0.3) is 22.5 Å². The Bertz CT molecular complexity index is 1930. The molecule has 48 heavy (non-hydrogen) atoms. The number of carbonyl (C=O) groups excluding carboxylic acids is 1. The van der Waals surface area contributed by atoms with Gasteiger partial charge in [0.1, 0.15) is 18.0 Å². The lowest BCUT2D eigenvalue weighted by Gasteiger charge is -2.19. The number of alkyl halides is 3. The number of aliphatic hydroxyl groups excluding tert-OH is 1. The zero-order valence-corrected chi connectivity index (χ0v) is 26.4. The highest BCUT2D eigenvalue weighted by Gasteiger charge is 2.48. The first-order chi connectivity index (χ1) is 23.1. The summed E-state index contributed by atoms with van der Waals surface area (Å²) >= 11 is 0. The number of unbranched alkanes of at least 4 members (excludes halogenated alkanes) is 1. The molecule has 2 aliphatic heterocycles. The molecule has 1 saturated heterocycles. The summed E-state index contributed by atoms with van der Waals surface area (Å²) in [6, 6.07) is 10.00. The number of nitrogens with zero attached hydrogens (tertiary/aromatic N) is 8. The van der Waals surface area contributed by atoms with E-state index in [1.165, 1.54) is 11.0 Å². The van der Waals surface area contributed by atoms with Crippen LogP contribution < -0.4 is 10.2 Å². The van der Waals surface area contributed by atoms with Crippen molar-refractivity contribution in [2.45, 2.75) is 58.0 Å². The number of halogens is 3. The Hall–Kier alpha value is -4.87. The molecule has 2 fully saturated rings. The molecule has 3 aliphatic rings. The van der Waals surface area contributed by atoms with Gasteiger partial charge >= 0.3 is 6.18 Å². The summed E-state index contributed by atoms with van der Waals surface area (Å²) in [5.74, 6) is 0.483. The number of nitrogens with one attached hydrogen (secondary N) is 1. The van der Waals surface area contributed by atoms with E-state index >= 15 is 0 Å². The summed E-state index contributed by atoms with van der Waals surface area (Å²) < 4.78 is 45.3. The van der Waals surface area contributed by atoms with Crippen LogP contribution in [0.15, 0.2) is 42.9 Å². The van der Waals surface area contributed by atoms with Gasteiger partial charge in [-0.1, -0.05) is 0 Å². The number of hydrogen-bond donors (Lipinski definition) is 2. The smallest absolute Gasteiger partial charge is 0.390 e. The predicted molar refractivity (Wildman–Crippen MR) is 170 cm³/mol. The number of rotatable bonds is 10. The summed E-state index contributed by atoms with van der Waals surface area (Å²) in [7, 11) is 1.78. The SMILES string of the molecule is Cn1cnnc1-c1cc(CO)ncc1-c1cc(NCCCC#N)nc(N2Cc3c(cc(CN4CCC5(CC5)C4)cc3C(F)(F)F)C2=O)c1. The van der Waals surface area contributed by atoms with Gasteiger partial charge in [0.15, 0.2) is 5.82 Å². The van der Waals surface area contributed by atoms with Gasteiger partial charge in [0.2, 0.25) is 0 Å². The molecule has 7 rings (SSSR count). The Morgan fingerprint density at radius 2 is 1.94 bits per heavy atom. The van der Waals surface area contributed by atoms with Gasteiger partial charge in [-0.25, -0.2) is 4.98 Å². The molecule has 1 amide bonds. The summed E-state index contributed by atoms with van der Waals surface area (Å²) in [5.41, 5.74) is 2.14. The van der Waals surface area contributed by atoms with Crippen molar-refractivity contribution in [2.75, 3.05) is 29.9 Å². The van der Waals surface area contributed by atoms with Gasteiger partial charge in [0, 0.05) is 56.0 Å². The van der Waals surface area contributed by atoms with E-state index in [1.54, 1.807) is 48.4 Å². The number of aryl methyl sites for hydroxylation is 1. The van der Waals surface area contributed by atoms with Crippen LogP contribution in [-0.2, 0) is 32.9 Å². The Morgan fingerprint density at radius 1 is 1.10 bits per heavy atom. The maximum atomic E-state index is 14.5. The highest BCUT2D eigenvalue weighted by Crippen LogP contribution is 2.53. The van der Waals surface area contributed by atoms with Gasteiger partial charge in [0.05, 0.1) is 30.5 Å². The summed E-state index contributed by atoms with van der Waals surface area (Å²) in [4.78, 5) is 26.5. The molecular formula is C34H34F3N9O2. The zero-order chi connectivity index (χ0) is 33.6. The van der Waals surface area contributed by atoms with Gasteiger partial charge < -0.3 is 15.0 Å². The summed E-state index contributed by atoms with van der Waals surface area (Å²) in [6.45, 7) is 1.88. The maximum Gasteiger partial charge on any atom is 0.416 e. The number of aromatic nitrogens is 5. The molecule has 0 radical (unpaired) electrons. The number of anilines is 2. The third kappa shape index (κ3) is 6.11. The van der Waals surface area contributed by atoms with Crippen molar-refractivity contribution in [3.05, 3.63) is 70.8 Å². The summed E-state index contributed by atoms with van der Waals surface area (Å²) in [6.07, 6.45) is 2.72. The second-order valence-electron chi connectivity index (χ2n) is 13.0. The molecule has 1 aliphatic carbocycles. The Balaban J connectivity index is 1.28. The third-order valence-corrected chi connectivity index (χ3v) is 9.53. The maximum absolute atomic E-state index is 14.5. The molecule has 3 aromatic heterocycles. The fourth-order valence-electron chi connectivity index (χ4n) is 6.81. The van der Waals surface area contributed by atoms with Crippen LogP contribution in [0.1, 0.15) is 64.8 Å². The number of hydrogen-bond acceptors (Lipinski definition) is 9. The standard InChI is InChI=1S/C34H34F3N9O2/c1-44-20-41-43-31(44)24-14-23(18-47)40-15-26(24)22-12-29(39-8-3-2-7-38)42-30(13-22)46-17-27-25(32(46)48)10-21(11-28(27)34(35,36)37)16-45-9-6-33(19-45)4-5-33/h10-15,20,47H,2-6,8-9,16-19H2,1H3,(H,39,42). The van der Waals surface area contributed by atoms with E-state index < -0.39 is 17.6 Å². The quantitative estimate of drug-likeness (QED) is 0.218. The van der Waals surface area contributed by atoms with Crippen LogP contribution in [0.4, 0.5) is 24.8 Å². The fraction of sp³-hybridized carbons (Fsp3) is 0.412. The first-order valence-electron chi connectivity index (χ1n) is 15.9. The van der Waals surface area contributed by atoms with Crippen LogP contribution in [0.5, 0.6) is 0 Å². The van der Waals surface area contributed by atoms with E-state index in [4.69, 9.17) is 5.26 Å². The van der Waals surface area contributed by atoms with Crippen molar-refractivity contribution in [2.24, 2.45) is 12.5 Å². The first kappa shape index (κ1) is 31.7. The van der Waals surface area contributed by atoms with E-state index in [1.807, 2.05) is 0 Å². The number of benzene rings is 1. The number of carbonyl (C=O) groups is 1. The van der Waals surface area contributed by atoms with Crippen molar-refractivity contribution in [1.82, 2.24) is 29.6 Å². The van der Waals surface area contributed by atoms with Crippen molar-refractivity contribution in [3.63, 3.8) is 0 Å². The average Bonchev–Trinajstić information content (AvgIpc) is 3.32. The highest BCUT2D eigenvalue weighted by atomic mass is 19.4. The molecule has 2 N–H and O–H groups in total. The van der Waals surface area contributed by atoms with Gasteiger partial charge in [-0.2, -0.15) is 18.4 Å². The van der Waals surface area contributed by atoms with E-state index in [-0.39, 0.29) is 30.1 Å². The second kappa shape index (κ2) is 12.3. The lowest BCUT2D eigenvalue weighted by molar-refractivity contribution is -0.138. The molecule has 1 spiro atoms. The van der Waals surface area contributed by atoms with Crippen LogP contribution >= 0.6 is 0 Å². The number of aliphatic hydroxyl groups is 1. The molecule has 14 heteroatoms. The Labute approximate surface area is 275 Å². The number of nitriles is 1. The predicted octanol–water partition coefficient (Wildman–Crippen LogP) is 5.31. The summed E-state index contributed by atoms with van der Waals surface area (Å²) in [5, 5.41) is 30.2. The average molecular weight is 658 g/mol. The van der Waals surface area contributed by atoms with E-state index in [0.717, 1.165) is 32.4 Å². The second-order valence-corrected chi connectivity index (χ2v) is 13.0. The topological polar surface area (TPSA) is 136 Å². The molecule has 1 aromatic carbocycles. The zero-order valence-electron chi connectivity index (χ0n) is 26.4. The molecule has 0 bridgehead atoms. The fourth-order valence-corrected chi connectivity index (χ4v) is 6.81. The van der Waals surface area contributed by atoms with Crippen molar-refractivity contribution in [1.29, 1.82) is 5.26 Å². The molecule has 4 aromatic rings. The van der Waals surface area contributed by atoms with Gasteiger partial charge in [-0.05, 0) is 84.7 Å². The highest BCUT2D eigenvalue weighted by molar-refractivity contribution is 6.10. The minimum absolute atomic E-state index is 0.0321. The van der Waals surface area contributed by atoms with E-state index in [0.29, 0.717) is 70.9 Å². The minimum Gasteiger partial charge on any atom is -0.390 e. The molecule has 0 atom stereocenters. The monoisotopic (exact) mass is 657 g/mol. The molecule has 248 valence electrons. The van der Waals surface area contributed by atoms with Crippen LogP contribution in [0.2, 0.25) is 0 Å². The Kier molecular flexibility index (Phi) is 8.13. The number of amides is 1. The molecule has 0 unspecified atom stereocenters. The molecule has 11 nitrogen and oxygen atoms in total. The number of pyridine rings is 2. The lowest BCUT2D eigenvalue weighted by atomic mass is 9.98. The van der Waals surface area contributed by atoms with Crippen molar-refractivity contribution >= 4 is 17.5 Å². The van der Waals surface area contributed by atoms with Crippen LogP contribution in [0, 0.1) is 16.7 Å². The van der Waals surface area contributed by atoms with Crippen molar-refractivity contribution < 1.29 is 23.1 Å². The lowest BCUT2D eigenvalue weighted by Crippen LogP contribution is -2.24. The van der Waals surface area contributed by atoms with Gasteiger partial charge in [-0.15, -0.1) is 10.2 Å². The van der Waals surface area contributed by atoms with E-state index in [9.17, 15) is 23.1 Å². The van der Waals surface area contributed by atoms with Crippen LogP contribution in [-0.4, -0.2) is 60.3 Å². The number of fused-ring (bicyclic) bond motifs is 1. The Morgan fingerprint density at radius 3 is 2.62 bits per heavy atom. The van der Waals surface area contributed by atoms with Crippen LogP contribution in [0.3, 0.4) is 0 Å². The van der Waals surface area contributed by atoms with E-state index in [2.05, 4.69) is 36.5 Å². The van der Waals surface area contributed by atoms with Gasteiger partial charge in [-0.3, -0.25) is 19.6 Å². The molecule has 1 saturated carbocycles. The number of likely N-dealkylation sites (tertiary alicyclic amines) is 1. The minimum atomic E-state index is -4.65. The first-order valence-corrected chi connectivity index (χ1v) is 15.9. The molecule has 5 heterocycles. The molecular weight excluding hydrogens is 623 g/mol. The van der Waals surface area contributed by atoms with Crippen molar-refractivity contribution in [3.8, 4) is 28.6 Å². The largest absolute Gasteiger partial charge is 0.416 e.